The number of hydrogen-bond acceptors (Lipinski definition) is 7. The van der Waals surface area contributed by atoms with E-state index in [9.17, 15) is 14.3 Å². The number of aromatic carboxylic acids is 1. The van der Waals surface area contributed by atoms with Crippen LogP contribution in [0.25, 0.3) is 32.8 Å². The highest BCUT2D eigenvalue weighted by molar-refractivity contribution is 6.35. The van der Waals surface area contributed by atoms with Crippen LogP contribution in [0.2, 0.25) is 5.02 Å². The second-order valence-electron chi connectivity index (χ2n) is 11.1. The van der Waals surface area contributed by atoms with E-state index in [0.717, 1.165) is 64.5 Å². The normalized spacial score (nSPS) is 13.5. The average Bonchev–Trinajstić information content (AvgIpc) is 3.54. The molecule has 242 valence electrons. The van der Waals surface area contributed by atoms with E-state index < -0.39 is 5.97 Å². The molecule has 3 aromatic carbocycles. The number of nitrogens with one attached hydrogen (secondary N) is 1. The van der Waals surface area contributed by atoms with Crippen LogP contribution in [0.3, 0.4) is 0 Å². The Hall–Kier alpha value is -4.45. The molecule has 3 N–H and O–H groups in total. The number of carboxylic acid groups (broad SMARTS) is 2. The molecule has 10 nitrogen and oxygen atoms in total. The summed E-state index contributed by atoms with van der Waals surface area (Å²) in [5.74, 6) is 0.0185. The van der Waals surface area contributed by atoms with E-state index in [2.05, 4.69) is 15.4 Å². The van der Waals surface area contributed by atoms with Gasteiger partial charge < -0.3 is 29.4 Å². The summed E-state index contributed by atoms with van der Waals surface area (Å²) in [7, 11) is 0. The number of carboxylic acids is 1. The third-order valence-electron chi connectivity index (χ3n) is 8.24. The lowest BCUT2D eigenvalue weighted by Gasteiger charge is -2.27. The summed E-state index contributed by atoms with van der Waals surface area (Å²) < 4.78 is 27.3. The van der Waals surface area contributed by atoms with Gasteiger partial charge >= 0.3 is 5.97 Å². The van der Waals surface area contributed by atoms with E-state index in [4.69, 9.17) is 30.8 Å². The van der Waals surface area contributed by atoms with Gasteiger partial charge in [-0.1, -0.05) is 35.0 Å². The Morgan fingerprint density at radius 3 is 2.54 bits per heavy atom. The van der Waals surface area contributed by atoms with Gasteiger partial charge in [0.05, 0.1) is 28.4 Å². The molecule has 1 aliphatic heterocycles. The third kappa shape index (κ3) is 6.86. The van der Waals surface area contributed by atoms with Crippen LogP contribution >= 0.6 is 11.6 Å². The first-order chi connectivity index (χ1) is 22.2. The number of rotatable bonds is 10. The maximum absolute atomic E-state index is 13.7. The van der Waals surface area contributed by atoms with Crippen molar-refractivity contribution >= 4 is 45.7 Å². The molecule has 0 bridgehead atoms. The lowest BCUT2D eigenvalue weighted by atomic mass is 9.98. The number of hydrogen-bond donors (Lipinski definition) is 3. The molecule has 1 saturated heterocycles. The predicted octanol–water partition coefficient (Wildman–Crippen LogP) is 6.17. The van der Waals surface area contributed by atoms with E-state index in [1.165, 1.54) is 12.1 Å². The summed E-state index contributed by atoms with van der Waals surface area (Å²) in [4.78, 5) is 23.6. The van der Waals surface area contributed by atoms with Crippen LogP contribution in [0.4, 0.5) is 4.39 Å². The van der Waals surface area contributed by atoms with Crippen LogP contribution in [0.1, 0.15) is 33.9 Å². The number of benzene rings is 3. The molecule has 1 fully saturated rings. The maximum atomic E-state index is 13.7. The number of fused-ring (bicyclic) bond motifs is 2. The molecule has 12 heteroatoms. The molecule has 0 aliphatic carbocycles. The van der Waals surface area contributed by atoms with E-state index in [0.29, 0.717) is 54.8 Å². The van der Waals surface area contributed by atoms with Gasteiger partial charge in [0.25, 0.3) is 6.47 Å². The lowest BCUT2D eigenvalue weighted by Crippen LogP contribution is -2.44. The van der Waals surface area contributed by atoms with E-state index >= 15 is 0 Å². The van der Waals surface area contributed by atoms with Crippen molar-refractivity contribution in [1.82, 2.24) is 19.9 Å². The summed E-state index contributed by atoms with van der Waals surface area (Å²) in [5.41, 5.74) is 4.02. The molecule has 1 aliphatic rings. The molecule has 3 heterocycles. The Morgan fingerprint density at radius 1 is 1.11 bits per heavy atom. The van der Waals surface area contributed by atoms with Gasteiger partial charge in [0.2, 0.25) is 0 Å². The molecular weight excluding hydrogens is 615 g/mol. The Balaban J connectivity index is 0.00000134. The van der Waals surface area contributed by atoms with Crippen LogP contribution in [-0.2, 0) is 17.8 Å². The number of carbonyl (C=O) groups is 2. The quantitative estimate of drug-likeness (QED) is 0.120. The van der Waals surface area contributed by atoms with Crippen molar-refractivity contribution in [1.29, 1.82) is 0 Å². The molecule has 0 saturated carbocycles. The van der Waals surface area contributed by atoms with Gasteiger partial charge in [0.15, 0.2) is 0 Å². The zero-order valence-electron chi connectivity index (χ0n) is 25.7. The first-order valence-corrected chi connectivity index (χ1v) is 15.4. The van der Waals surface area contributed by atoms with Crippen molar-refractivity contribution in [2.75, 3.05) is 39.3 Å². The molecule has 2 aromatic heterocycles. The van der Waals surface area contributed by atoms with Gasteiger partial charge in [0.1, 0.15) is 23.0 Å². The summed E-state index contributed by atoms with van der Waals surface area (Å²) in [6.45, 7) is 8.67. The first kappa shape index (κ1) is 32.9. The smallest absolute Gasteiger partial charge is 0.352 e. The fourth-order valence-electron chi connectivity index (χ4n) is 6.25. The van der Waals surface area contributed by atoms with Gasteiger partial charge in [-0.25, -0.2) is 9.18 Å². The standard InChI is InChI=1S/C33H34ClFN4O4.CH2O2/c1-20-29(21(2)43-37-20)30-27(34)11-10-26-25(6-4-18-42-28-7-3-5-22-19-23(35)8-9-24(22)28)32(33(40)41)39(31(26)30)17-16-38-14-12-36-13-15-38;2-1-3/h3,5,7-11,19,36H,4,6,12-18H2,1-2H3,(H,40,41);1H,(H,2,3). The highest BCUT2D eigenvalue weighted by Crippen LogP contribution is 2.42. The van der Waals surface area contributed by atoms with Crippen LogP contribution < -0.4 is 10.1 Å². The van der Waals surface area contributed by atoms with Crippen molar-refractivity contribution in [3.8, 4) is 16.9 Å². The van der Waals surface area contributed by atoms with Gasteiger partial charge in [-0.05, 0) is 68.0 Å². The number of aromatic nitrogens is 2. The van der Waals surface area contributed by atoms with Crippen LogP contribution in [-0.4, -0.2) is 76.6 Å². The molecule has 0 atom stereocenters. The monoisotopic (exact) mass is 650 g/mol. The average molecular weight is 651 g/mol. The second kappa shape index (κ2) is 14.8. The molecule has 6 rings (SSSR count). The van der Waals surface area contributed by atoms with Crippen LogP contribution in [0, 0.1) is 19.7 Å². The molecule has 0 amide bonds. The third-order valence-corrected chi connectivity index (χ3v) is 8.56. The fraction of sp³-hybridized carbons (Fsp3) is 0.324. The first-order valence-electron chi connectivity index (χ1n) is 15.1. The van der Waals surface area contributed by atoms with E-state index in [1.54, 1.807) is 6.07 Å². The van der Waals surface area contributed by atoms with Crippen molar-refractivity contribution in [3.05, 3.63) is 82.1 Å². The molecule has 0 spiro atoms. The summed E-state index contributed by atoms with van der Waals surface area (Å²) in [6.07, 6.45) is 1.07. The topological polar surface area (TPSA) is 130 Å². The number of aryl methyl sites for hydroxylation is 3. The van der Waals surface area contributed by atoms with Gasteiger partial charge in [-0.15, -0.1) is 0 Å². The van der Waals surface area contributed by atoms with Crippen LogP contribution in [0.15, 0.2) is 53.1 Å². The molecule has 46 heavy (non-hydrogen) atoms. The van der Waals surface area contributed by atoms with E-state index in [-0.39, 0.29) is 18.0 Å². The van der Waals surface area contributed by atoms with Gasteiger partial charge in [-0.3, -0.25) is 9.69 Å². The number of halogens is 2. The van der Waals surface area contributed by atoms with Gasteiger partial charge in [-0.2, -0.15) is 0 Å². The Kier molecular flexibility index (Phi) is 10.6. The minimum absolute atomic E-state index is 0.250. The molecule has 0 radical (unpaired) electrons. The number of ether oxygens (including phenoxy) is 1. The van der Waals surface area contributed by atoms with Crippen molar-refractivity contribution in [3.63, 3.8) is 0 Å². The largest absolute Gasteiger partial charge is 0.493 e. The fourth-order valence-corrected chi connectivity index (χ4v) is 6.50. The summed E-state index contributed by atoms with van der Waals surface area (Å²) in [6, 6.07) is 13.9. The highest BCUT2D eigenvalue weighted by atomic mass is 35.5. The second-order valence-corrected chi connectivity index (χ2v) is 11.5. The van der Waals surface area contributed by atoms with Gasteiger partial charge in [0, 0.05) is 55.6 Å². The van der Waals surface area contributed by atoms with Crippen molar-refractivity contribution in [2.45, 2.75) is 33.2 Å². The number of piperazine rings is 1. The molecule has 0 unspecified atom stereocenters. The SMILES string of the molecule is Cc1noc(C)c1-c1c(Cl)ccc2c(CCCOc3cccc4cc(F)ccc34)c(C(=O)O)n(CCN3CCNCC3)c12.O=CO. The lowest BCUT2D eigenvalue weighted by molar-refractivity contribution is -0.122. The van der Waals surface area contributed by atoms with Crippen molar-refractivity contribution in [2.24, 2.45) is 0 Å². The Labute approximate surface area is 270 Å². The number of nitrogens with zero attached hydrogens (tertiary/aromatic N) is 3. The summed E-state index contributed by atoms with van der Waals surface area (Å²) in [5, 5.41) is 28.0. The minimum atomic E-state index is -0.982. The van der Waals surface area contributed by atoms with Crippen molar-refractivity contribution < 1.29 is 33.5 Å². The molecular formula is C34H36ClFN4O6. The Morgan fingerprint density at radius 2 is 1.85 bits per heavy atom. The summed E-state index contributed by atoms with van der Waals surface area (Å²) >= 11 is 6.86. The predicted molar refractivity (Wildman–Crippen MR) is 175 cm³/mol. The maximum Gasteiger partial charge on any atom is 0.352 e. The van der Waals surface area contributed by atoms with E-state index in [1.807, 2.05) is 48.7 Å². The minimum Gasteiger partial charge on any atom is -0.493 e. The zero-order valence-corrected chi connectivity index (χ0v) is 26.4. The highest BCUT2D eigenvalue weighted by Gasteiger charge is 2.28. The zero-order chi connectivity index (χ0) is 32.8. The van der Waals surface area contributed by atoms with Crippen LogP contribution in [0.5, 0.6) is 5.75 Å². The molecule has 5 aromatic rings. The Bertz CT molecular complexity index is 1840.